The average Bonchev–Trinajstić information content (AvgIpc) is 3.16. The zero-order chi connectivity index (χ0) is 20.1. The number of benzene rings is 1. The summed E-state index contributed by atoms with van der Waals surface area (Å²) in [6, 6.07) is 12.1. The molecule has 3 heterocycles. The van der Waals surface area contributed by atoms with Gasteiger partial charge in [-0.2, -0.15) is 0 Å². The van der Waals surface area contributed by atoms with Gasteiger partial charge >= 0.3 is 0 Å². The molecular formula is C22H27N5O2. The minimum Gasteiger partial charge on any atom is -0.385 e. The summed E-state index contributed by atoms with van der Waals surface area (Å²) in [5.74, 6) is 0.0357. The van der Waals surface area contributed by atoms with E-state index < -0.39 is 0 Å². The molecule has 1 saturated heterocycles. The van der Waals surface area contributed by atoms with Gasteiger partial charge in [-0.15, -0.1) is 0 Å². The Morgan fingerprint density at radius 1 is 1.10 bits per heavy atom. The van der Waals surface area contributed by atoms with Crippen LogP contribution in [0.3, 0.4) is 0 Å². The summed E-state index contributed by atoms with van der Waals surface area (Å²) in [4.78, 5) is 26.2. The first-order valence-electron chi connectivity index (χ1n) is 10.1. The number of methoxy groups -OCH3 is 1. The summed E-state index contributed by atoms with van der Waals surface area (Å²) in [5, 5.41) is 0. The molecule has 152 valence electrons. The van der Waals surface area contributed by atoms with Gasteiger partial charge in [-0.05, 0) is 18.1 Å². The molecule has 1 aliphatic rings. The zero-order valence-electron chi connectivity index (χ0n) is 16.8. The molecule has 7 nitrogen and oxygen atoms in total. The van der Waals surface area contributed by atoms with Crippen LogP contribution >= 0.6 is 0 Å². The number of amides is 1. The lowest BCUT2D eigenvalue weighted by atomic mass is 10.2. The number of carbonyl (C=O) groups is 1. The second-order valence-corrected chi connectivity index (χ2v) is 7.40. The fourth-order valence-corrected chi connectivity index (χ4v) is 3.75. The van der Waals surface area contributed by atoms with Crippen LogP contribution in [0, 0.1) is 0 Å². The van der Waals surface area contributed by atoms with E-state index in [-0.39, 0.29) is 5.91 Å². The number of nitrogens with zero attached hydrogens (tertiary/aromatic N) is 5. The second kappa shape index (κ2) is 9.15. The van der Waals surface area contributed by atoms with Crippen molar-refractivity contribution in [1.29, 1.82) is 0 Å². The minimum absolute atomic E-state index is 0.0357. The molecule has 0 N–H and O–H groups in total. The van der Waals surface area contributed by atoms with E-state index in [2.05, 4.69) is 27.0 Å². The van der Waals surface area contributed by atoms with Gasteiger partial charge in [-0.3, -0.25) is 9.69 Å². The van der Waals surface area contributed by atoms with Gasteiger partial charge in [0.1, 0.15) is 5.52 Å². The Labute approximate surface area is 170 Å². The molecule has 0 unspecified atom stereocenters. The van der Waals surface area contributed by atoms with E-state index in [9.17, 15) is 4.79 Å². The summed E-state index contributed by atoms with van der Waals surface area (Å²) < 4.78 is 7.13. The van der Waals surface area contributed by atoms with E-state index in [0.29, 0.717) is 12.1 Å². The Hall–Kier alpha value is -2.77. The van der Waals surface area contributed by atoms with Crippen LogP contribution in [0.2, 0.25) is 0 Å². The third-order valence-corrected chi connectivity index (χ3v) is 5.38. The van der Waals surface area contributed by atoms with Crippen LogP contribution in [-0.2, 0) is 11.3 Å². The van der Waals surface area contributed by atoms with E-state index in [1.807, 2.05) is 33.7 Å². The van der Waals surface area contributed by atoms with Crippen LogP contribution in [0.25, 0.3) is 11.2 Å². The number of carbonyl (C=O) groups excluding carboxylic acids is 1. The van der Waals surface area contributed by atoms with Crippen LogP contribution in [0.5, 0.6) is 0 Å². The highest BCUT2D eigenvalue weighted by molar-refractivity contribution is 5.96. The smallest absolute Gasteiger partial charge is 0.255 e. The maximum absolute atomic E-state index is 12.9. The summed E-state index contributed by atoms with van der Waals surface area (Å²) in [5.41, 5.74) is 3.35. The number of imidazole rings is 1. The summed E-state index contributed by atoms with van der Waals surface area (Å²) in [7, 11) is 1.73. The van der Waals surface area contributed by atoms with Crippen molar-refractivity contribution in [3.8, 4) is 0 Å². The average molecular weight is 393 g/mol. The molecule has 0 saturated carbocycles. The lowest BCUT2D eigenvalue weighted by molar-refractivity contribution is 0.0624. The third-order valence-electron chi connectivity index (χ3n) is 5.38. The Morgan fingerprint density at radius 3 is 2.66 bits per heavy atom. The van der Waals surface area contributed by atoms with E-state index in [4.69, 9.17) is 4.74 Å². The molecule has 0 radical (unpaired) electrons. The maximum Gasteiger partial charge on any atom is 0.255 e. The van der Waals surface area contributed by atoms with Crippen molar-refractivity contribution in [1.82, 2.24) is 24.3 Å². The first-order valence-corrected chi connectivity index (χ1v) is 10.1. The number of hydrogen-bond acceptors (Lipinski definition) is 5. The lowest BCUT2D eigenvalue weighted by Gasteiger charge is -2.34. The Morgan fingerprint density at radius 2 is 1.90 bits per heavy atom. The summed E-state index contributed by atoms with van der Waals surface area (Å²) in [6.07, 6.45) is 4.49. The fraction of sp³-hybridized carbons (Fsp3) is 0.409. The van der Waals surface area contributed by atoms with Gasteiger partial charge in [-0.1, -0.05) is 30.3 Å². The SMILES string of the molecule is COCCCN1CCN(C(=O)c2cnc3c(c2)ncn3Cc2ccccc2)CC1. The number of hydrogen-bond donors (Lipinski definition) is 0. The molecule has 0 spiro atoms. The van der Waals surface area contributed by atoms with Crippen LogP contribution in [0.4, 0.5) is 0 Å². The molecule has 0 bridgehead atoms. The number of ether oxygens (including phenoxy) is 1. The number of pyridine rings is 1. The highest BCUT2D eigenvalue weighted by atomic mass is 16.5. The highest BCUT2D eigenvalue weighted by Gasteiger charge is 2.22. The van der Waals surface area contributed by atoms with E-state index in [1.54, 1.807) is 19.6 Å². The monoisotopic (exact) mass is 393 g/mol. The number of aromatic nitrogens is 3. The molecule has 4 rings (SSSR count). The molecule has 2 aromatic heterocycles. The molecule has 29 heavy (non-hydrogen) atoms. The van der Waals surface area contributed by atoms with Crippen LogP contribution in [-0.4, -0.2) is 76.7 Å². The van der Waals surface area contributed by atoms with Crippen molar-refractivity contribution in [2.45, 2.75) is 13.0 Å². The van der Waals surface area contributed by atoms with Crippen LogP contribution < -0.4 is 0 Å². The van der Waals surface area contributed by atoms with Gasteiger partial charge in [-0.25, -0.2) is 9.97 Å². The Bertz CT molecular complexity index is 948. The van der Waals surface area contributed by atoms with Gasteiger partial charge in [0, 0.05) is 52.6 Å². The topological polar surface area (TPSA) is 63.5 Å². The van der Waals surface area contributed by atoms with E-state index >= 15 is 0 Å². The van der Waals surface area contributed by atoms with Gasteiger partial charge in [0.25, 0.3) is 5.91 Å². The molecule has 1 aromatic carbocycles. The number of fused-ring (bicyclic) bond motifs is 1. The normalized spacial score (nSPS) is 15.1. The second-order valence-electron chi connectivity index (χ2n) is 7.40. The van der Waals surface area contributed by atoms with Crippen molar-refractivity contribution in [3.63, 3.8) is 0 Å². The largest absolute Gasteiger partial charge is 0.385 e. The lowest BCUT2D eigenvalue weighted by Crippen LogP contribution is -2.49. The summed E-state index contributed by atoms with van der Waals surface area (Å²) >= 11 is 0. The molecule has 3 aromatic rings. The van der Waals surface area contributed by atoms with Crippen LogP contribution in [0.1, 0.15) is 22.3 Å². The minimum atomic E-state index is 0.0357. The summed E-state index contributed by atoms with van der Waals surface area (Å²) in [6.45, 7) is 5.79. The van der Waals surface area contributed by atoms with Gasteiger partial charge in [0.2, 0.25) is 0 Å². The number of piperazine rings is 1. The highest BCUT2D eigenvalue weighted by Crippen LogP contribution is 2.16. The first-order chi connectivity index (χ1) is 14.2. The standard InChI is InChI=1S/C22H27N5O2/c1-29-13-5-8-25-9-11-26(12-10-25)22(28)19-14-20-21(23-15-19)27(17-24-20)16-18-6-3-2-4-7-18/h2-4,6-7,14-15,17H,5,8-13,16H2,1H3. The predicted molar refractivity (Wildman–Crippen MR) is 112 cm³/mol. The van der Waals surface area contributed by atoms with Crippen molar-refractivity contribution in [2.24, 2.45) is 0 Å². The predicted octanol–water partition coefficient (Wildman–Crippen LogP) is 2.27. The third kappa shape index (κ3) is 4.63. The quantitative estimate of drug-likeness (QED) is 0.576. The molecule has 7 heteroatoms. The van der Waals surface area contributed by atoms with Crippen LogP contribution in [0.15, 0.2) is 48.9 Å². The number of rotatable bonds is 7. The zero-order valence-corrected chi connectivity index (χ0v) is 16.8. The van der Waals surface area contributed by atoms with Gasteiger partial charge in [0.05, 0.1) is 18.4 Å². The molecule has 1 amide bonds. The van der Waals surface area contributed by atoms with Crippen molar-refractivity contribution in [3.05, 3.63) is 60.0 Å². The fourth-order valence-electron chi connectivity index (χ4n) is 3.75. The molecular weight excluding hydrogens is 366 g/mol. The van der Waals surface area contributed by atoms with Crippen molar-refractivity contribution < 1.29 is 9.53 Å². The molecule has 1 aliphatic heterocycles. The maximum atomic E-state index is 12.9. The van der Waals surface area contributed by atoms with Gasteiger partial charge < -0.3 is 14.2 Å². The van der Waals surface area contributed by atoms with Gasteiger partial charge in [0.15, 0.2) is 5.65 Å². The van der Waals surface area contributed by atoms with E-state index in [0.717, 1.165) is 56.9 Å². The molecule has 0 atom stereocenters. The Kier molecular flexibility index (Phi) is 6.17. The van der Waals surface area contributed by atoms with E-state index in [1.165, 1.54) is 5.56 Å². The Balaban J connectivity index is 1.40. The molecule has 0 aliphatic carbocycles. The first kappa shape index (κ1) is 19.5. The van der Waals surface area contributed by atoms with Crippen molar-refractivity contribution in [2.75, 3.05) is 46.4 Å². The molecule has 1 fully saturated rings. The van der Waals surface area contributed by atoms with Crippen molar-refractivity contribution >= 4 is 17.1 Å².